The summed E-state index contributed by atoms with van der Waals surface area (Å²) in [5.74, 6) is 0.595. The summed E-state index contributed by atoms with van der Waals surface area (Å²) in [6, 6.07) is 10.4. The van der Waals surface area contributed by atoms with Crippen molar-refractivity contribution in [1.82, 2.24) is 0 Å². The van der Waals surface area contributed by atoms with Gasteiger partial charge in [0.05, 0.1) is 10.6 Å². The van der Waals surface area contributed by atoms with Crippen molar-refractivity contribution in [2.75, 3.05) is 24.3 Å². The summed E-state index contributed by atoms with van der Waals surface area (Å²) in [6.07, 6.45) is -0.122. The predicted octanol–water partition coefficient (Wildman–Crippen LogP) is 3.69. The molecule has 0 saturated heterocycles. The van der Waals surface area contributed by atoms with Gasteiger partial charge in [0.2, 0.25) is 5.91 Å². The van der Waals surface area contributed by atoms with Gasteiger partial charge in [-0.2, -0.15) is 0 Å². The maximum absolute atomic E-state index is 12.6. The molecule has 2 aromatic rings. The van der Waals surface area contributed by atoms with Gasteiger partial charge in [-0.15, -0.1) is 0 Å². The highest BCUT2D eigenvalue weighted by molar-refractivity contribution is 7.91. The van der Waals surface area contributed by atoms with E-state index in [1.807, 2.05) is 25.1 Å². The number of amides is 1. The minimum absolute atomic E-state index is 0.122. The number of nitrogens with one attached hydrogen (secondary N) is 1. The van der Waals surface area contributed by atoms with Crippen LogP contribution >= 0.6 is 0 Å². The summed E-state index contributed by atoms with van der Waals surface area (Å²) >= 11 is 0. The van der Waals surface area contributed by atoms with Gasteiger partial charge in [0.1, 0.15) is 13.2 Å². The first kappa shape index (κ1) is 20.2. The van der Waals surface area contributed by atoms with Crippen LogP contribution in [-0.4, -0.2) is 33.3 Å². The molecule has 1 aliphatic rings. The molecule has 1 heterocycles. The Morgan fingerprint density at radius 1 is 1.11 bits per heavy atom. The molecule has 150 valence electrons. The van der Waals surface area contributed by atoms with Crippen LogP contribution in [0.1, 0.15) is 37.3 Å². The van der Waals surface area contributed by atoms with E-state index in [-0.39, 0.29) is 28.9 Å². The molecule has 6 nitrogen and oxygen atoms in total. The van der Waals surface area contributed by atoms with Crippen molar-refractivity contribution in [3.8, 4) is 11.5 Å². The van der Waals surface area contributed by atoms with Crippen LogP contribution in [0.4, 0.5) is 5.69 Å². The van der Waals surface area contributed by atoms with Crippen molar-refractivity contribution in [3.05, 3.63) is 47.5 Å². The number of fused-ring (bicyclic) bond motifs is 1. The quantitative estimate of drug-likeness (QED) is 0.795. The lowest BCUT2D eigenvalue weighted by Crippen LogP contribution is -2.19. The molecule has 28 heavy (non-hydrogen) atoms. The van der Waals surface area contributed by atoms with Crippen LogP contribution in [0.5, 0.6) is 11.5 Å². The Bertz CT molecular complexity index is 982. The van der Waals surface area contributed by atoms with Gasteiger partial charge in [-0.1, -0.05) is 32.0 Å². The molecule has 0 unspecified atom stereocenters. The van der Waals surface area contributed by atoms with Gasteiger partial charge in [0, 0.05) is 18.2 Å². The van der Waals surface area contributed by atoms with Crippen LogP contribution in [0, 0.1) is 6.92 Å². The number of hydrogen-bond donors (Lipinski definition) is 1. The highest BCUT2D eigenvalue weighted by Crippen LogP contribution is 2.33. The third-order valence-corrected chi connectivity index (χ3v) is 6.38. The second-order valence-electron chi connectivity index (χ2n) is 7.12. The highest BCUT2D eigenvalue weighted by atomic mass is 32.2. The fourth-order valence-electron chi connectivity index (χ4n) is 3.11. The van der Waals surface area contributed by atoms with Gasteiger partial charge in [-0.3, -0.25) is 4.79 Å². The van der Waals surface area contributed by atoms with Crippen LogP contribution in [0.15, 0.2) is 41.3 Å². The van der Waals surface area contributed by atoms with Gasteiger partial charge in [0.15, 0.2) is 21.3 Å². The normalized spacial score (nSPS) is 13.4. The lowest BCUT2D eigenvalue weighted by Gasteiger charge is -2.19. The first-order valence-electron chi connectivity index (χ1n) is 9.29. The van der Waals surface area contributed by atoms with Crippen molar-refractivity contribution in [2.24, 2.45) is 0 Å². The molecule has 3 rings (SSSR count). The molecule has 0 fully saturated rings. The second-order valence-corrected chi connectivity index (χ2v) is 9.23. The summed E-state index contributed by atoms with van der Waals surface area (Å²) in [4.78, 5) is 12.6. The standard InChI is InChI=1S/C21H25NO5S/c1-14(2)17-6-4-5-15(3)21(17)22-20(23)9-12-28(24,25)16-7-8-18-19(13-16)27-11-10-26-18/h4-8,13-14H,9-12H2,1-3H3,(H,22,23). The Hall–Kier alpha value is -2.54. The molecule has 1 N–H and O–H groups in total. The van der Waals surface area contributed by atoms with E-state index in [9.17, 15) is 13.2 Å². The zero-order valence-electron chi connectivity index (χ0n) is 16.3. The number of carbonyl (C=O) groups excluding carboxylic acids is 1. The minimum Gasteiger partial charge on any atom is -0.486 e. The number of benzene rings is 2. The van der Waals surface area contributed by atoms with Gasteiger partial charge in [0.25, 0.3) is 0 Å². The fourth-order valence-corrected chi connectivity index (χ4v) is 4.36. The molecule has 0 aliphatic carbocycles. The zero-order chi connectivity index (χ0) is 20.3. The third kappa shape index (κ3) is 4.47. The van der Waals surface area contributed by atoms with Gasteiger partial charge in [-0.05, 0) is 36.1 Å². The van der Waals surface area contributed by atoms with E-state index in [0.29, 0.717) is 24.7 Å². The summed E-state index contributed by atoms with van der Waals surface area (Å²) in [6.45, 7) is 6.85. The molecule has 1 amide bonds. The maximum atomic E-state index is 12.6. The summed E-state index contributed by atoms with van der Waals surface area (Å²) in [5.41, 5.74) is 2.75. The van der Waals surface area contributed by atoms with Gasteiger partial charge >= 0.3 is 0 Å². The highest BCUT2D eigenvalue weighted by Gasteiger charge is 2.21. The molecule has 0 saturated carbocycles. The van der Waals surface area contributed by atoms with Crippen LogP contribution < -0.4 is 14.8 Å². The van der Waals surface area contributed by atoms with E-state index in [4.69, 9.17) is 9.47 Å². The maximum Gasteiger partial charge on any atom is 0.225 e. The van der Waals surface area contributed by atoms with Crippen molar-refractivity contribution in [2.45, 2.75) is 38.0 Å². The Morgan fingerprint density at radius 3 is 2.54 bits per heavy atom. The van der Waals surface area contributed by atoms with E-state index in [1.165, 1.54) is 12.1 Å². The van der Waals surface area contributed by atoms with Crippen LogP contribution in [0.25, 0.3) is 0 Å². The van der Waals surface area contributed by atoms with Crippen molar-refractivity contribution in [1.29, 1.82) is 0 Å². The minimum atomic E-state index is -3.61. The molecule has 0 atom stereocenters. The largest absolute Gasteiger partial charge is 0.486 e. The van der Waals surface area contributed by atoms with E-state index >= 15 is 0 Å². The smallest absolute Gasteiger partial charge is 0.225 e. The fraction of sp³-hybridized carbons (Fsp3) is 0.381. The number of aryl methyl sites for hydroxylation is 1. The average Bonchev–Trinajstić information content (AvgIpc) is 2.67. The molecule has 0 spiro atoms. The number of sulfone groups is 1. The van der Waals surface area contributed by atoms with Crippen LogP contribution in [0.2, 0.25) is 0 Å². The van der Waals surface area contributed by atoms with Gasteiger partial charge < -0.3 is 14.8 Å². The zero-order valence-corrected chi connectivity index (χ0v) is 17.1. The molecular formula is C21H25NO5S. The molecular weight excluding hydrogens is 378 g/mol. The van der Waals surface area contributed by atoms with Crippen molar-refractivity contribution >= 4 is 21.4 Å². The topological polar surface area (TPSA) is 81.7 Å². The Labute approximate surface area is 165 Å². The Balaban J connectivity index is 1.69. The Kier molecular flexibility index (Phi) is 5.93. The third-order valence-electron chi connectivity index (χ3n) is 4.66. The number of carbonyl (C=O) groups is 1. The van der Waals surface area contributed by atoms with Crippen molar-refractivity contribution < 1.29 is 22.7 Å². The molecule has 0 bridgehead atoms. The average molecular weight is 404 g/mol. The van der Waals surface area contributed by atoms with E-state index in [2.05, 4.69) is 19.2 Å². The molecule has 7 heteroatoms. The van der Waals surface area contributed by atoms with E-state index < -0.39 is 9.84 Å². The van der Waals surface area contributed by atoms with Gasteiger partial charge in [-0.25, -0.2) is 8.42 Å². The molecule has 0 aromatic heterocycles. The van der Waals surface area contributed by atoms with E-state index in [0.717, 1.165) is 16.8 Å². The first-order chi connectivity index (χ1) is 13.3. The summed E-state index contributed by atoms with van der Waals surface area (Å²) < 4.78 is 36.1. The number of anilines is 1. The monoisotopic (exact) mass is 403 g/mol. The molecule has 2 aromatic carbocycles. The predicted molar refractivity (Wildman–Crippen MR) is 108 cm³/mol. The number of hydrogen-bond acceptors (Lipinski definition) is 5. The summed E-state index contributed by atoms with van der Waals surface area (Å²) in [7, 11) is -3.61. The molecule has 1 aliphatic heterocycles. The number of ether oxygens (including phenoxy) is 2. The lowest BCUT2D eigenvalue weighted by molar-refractivity contribution is -0.115. The number of para-hydroxylation sites is 1. The number of rotatable bonds is 6. The Morgan fingerprint density at radius 2 is 1.82 bits per heavy atom. The SMILES string of the molecule is Cc1cccc(C(C)C)c1NC(=O)CCS(=O)(=O)c1ccc2c(c1)OCCO2. The lowest BCUT2D eigenvalue weighted by atomic mass is 9.98. The van der Waals surface area contributed by atoms with Crippen LogP contribution in [0.3, 0.4) is 0 Å². The van der Waals surface area contributed by atoms with Crippen molar-refractivity contribution in [3.63, 3.8) is 0 Å². The first-order valence-corrected chi connectivity index (χ1v) is 10.9. The molecule has 0 radical (unpaired) electrons. The van der Waals surface area contributed by atoms with Crippen LogP contribution in [-0.2, 0) is 14.6 Å². The second kappa shape index (κ2) is 8.22. The van der Waals surface area contributed by atoms with E-state index in [1.54, 1.807) is 6.07 Å². The summed E-state index contributed by atoms with van der Waals surface area (Å²) in [5, 5.41) is 2.89.